The van der Waals surface area contributed by atoms with Crippen LogP contribution in [0.1, 0.15) is 17.4 Å². The topological polar surface area (TPSA) is 72.5 Å². The number of benzene rings is 1. The molecular formula is C19H13ClF2N4O2. The van der Waals surface area contributed by atoms with E-state index in [1.165, 1.54) is 42.1 Å². The number of aliphatic hydroxyl groups is 1. The van der Waals surface area contributed by atoms with Crippen LogP contribution in [0, 0.1) is 11.6 Å². The van der Waals surface area contributed by atoms with Gasteiger partial charge in [-0.05, 0) is 24.3 Å². The minimum absolute atomic E-state index is 0.0315. The summed E-state index contributed by atoms with van der Waals surface area (Å²) in [5, 5.41) is 10.9. The molecule has 1 aromatic carbocycles. The summed E-state index contributed by atoms with van der Waals surface area (Å²) >= 11 is 5.99. The molecular weight excluding hydrogens is 390 g/mol. The Bertz CT molecular complexity index is 1180. The van der Waals surface area contributed by atoms with E-state index in [0.29, 0.717) is 22.6 Å². The maximum Gasteiger partial charge on any atom is 0.175 e. The third kappa shape index (κ3) is 3.06. The molecule has 4 rings (SSSR count). The lowest BCUT2D eigenvalue weighted by Gasteiger charge is -2.13. The normalized spacial score (nSPS) is 12.3. The van der Waals surface area contributed by atoms with Gasteiger partial charge in [-0.25, -0.2) is 18.7 Å². The molecule has 4 aromatic rings. The van der Waals surface area contributed by atoms with Crippen molar-refractivity contribution in [2.75, 3.05) is 7.11 Å². The summed E-state index contributed by atoms with van der Waals surface area (Å²) in [5.41, 5.74) is 1.32. The molecule has 1 atom stereocenters. The van der Waals surface area contributed by atoms with E-state index in [1.54, 1.807) is 12.3 Å². The maximum absolute atomic E-state index is 14.4. The fourth-order valence-corrected chi connectivity index (χ4v) is 3.11. The number of aliphatic hydroxyl groups excluding tert-OH is 1. The van der Waals surface area contributed by atoms with Crippen LogP contribution in [0.3, 0.4) is 0 Å². The highest BCUT2D eigenvalue weighted by atomic mass is 35.5. The van der Waals surface area contributed by atoms with E-state index in [4.69, 9.17) is 16.3 Å². The van der Waals surface area contributed by atoms with Gasteiger partial charge in [-0.3, -0.25) is 9.38 Å². The molecule has 28 heavy (non-hydrogen) atoms. The third-order valence-electron chi connectivity index (χ3n) is 4.32. The maximum atomic E-state index is 14.4. The molecule has 0 aliphatic heterocycles. The summed E-state index contributed by atoms with van der Waals surface area (Å²) < 4.78 is 34.8. The van der Waals surface area contributed by atoms with E-state index >= 15 is 0 Å². The Morgan fingerprint density at radius 2 is 1.93 bits per heavy atom. The van der Waals surface area contributed by atoms with Crippen LogP contribution >= 0.6 is 11.6 Å². The lowest BCUT2D eigenvalue weighted by atomic mass is 10.0. The van der Waals surface area contributed by atoms with Crippen molar-refractivity contribution in [3.8, 4) is 17.0 Å². The molecule has 142 valence electrons. The highest BCUT2D eigenvalue weighted by Gasteiger charge is 2.21. The Hall–Kier alpha value is -3.10. The molecule has 0 aliphatic rings. The van der Waals surface area contributed by atoms with Crippen LogP contribution in [-0.2, 0) is 0 Å². The summed E-state index contributed by atoms with van der Waals surface area (Å²) in [6, 6.07) is 5.64. The SMILES string of the molecule is COc1ccc(-c2cc(C(O)c3cnc4c(Cl)nccn34)c(F)cn2)cc1F. The minimum Gasteiger partial charge on any atom is -0.494 e. The van der Waals surface area contributed by atoms with Gasteiger partial charge in [0, 0.05) is 23.5 Å². The summed E-state index contributed by atoms with van der Waals surface area (Å²) in [7, 11) is 1.36. The van der Waals surface area contributed by atoms with Gasteiger partial charge in [-0.15, -0.1) is 0 Å². The number of halogens is 3. The number of rotatable bonds is 4. The fourth-order valence-electron chi connectivity index (χ4n) is 2.92. The molecule has 0 radical (unpaired) electrons. The molecule has 1 unspecified atom stereocenters. The zero-order chi connectivity index (χ0) is 19.8. The number of methoxy groups -OCH3 is 1. The van der Waals surface area contributed by atoms with Gasteiger partial charge in [0.1, 0.15) is 11.9 Å². The van der Waals surface area contributed by atoms with Crippen molar-refractivity contribution >= 4 is 17.2 Å². The van der Waals surface area contributed by atoms with Crippen molar-refractivity contribution in [1.82, 2.24) is 19.4 Å². The van der Waals surface area contributed by atoms with Gasteiger partial charge < -0.3 is 9.84 Å². The van der Waals surface area contributed by atoms with Crippen LogP contribution in [0.5, 0.6) is 5.75 Å². The van der Waals surface area contributed by atoms with Gasteiger partial charge >= 0.3 is 0 Å². The first-order chi connectivity index (χ1) is 13.5. The van der Waals surface area contributed by atoms with Crippen LogP contribution in [0.2, 0.25) is 5.15 Å². The molecule has 0 spiro atoms. The molecule has 0 saturated heterocycles. The van der Waals surface area contributed by atoms with E-state index < -0.39 is 17.7 Å². The monoisotopic (exact) mass is 402 g/mol. The van der Waals surface area contributed by atoms with Gasteiger partial charge in [0.15, 0.2) is 22.4 Å². The third-order valence-corrected chi connectivity index (χ3v) is 4.59. The van der Waals surface area contributed by atoms with Gasteiger partial charge in [0.05, 0.1) is 30.9 Å². The van der Waals surface area contributed by atoms with Crippen molar-refractivity contribution in [2.45, 2.75) is 6.10 Å². The zero-order valence-electron chi connectivity index (χ0n) is 14.5. The van der Waals surface area contributed by atoms with Gasteiger partial charge in [-0.2, -0.15) is 0 Å². The second-order valence-electron chi connectivity index (χ2n) is 5.94. The Morgan fingerprint density at radius 1 is 1.11 bits per heavy atom. The van der Waals surface area contributed by atoms with Crippen molar-refractivity contribution < 1.29 is 18.6 Å². The van der Waals surface area contributed by atoms with Crippen LogP contribution in [0.25, 0.3) is 16.9 Å². The first-order valence-electron chi connectivity index (χ1n) is 8.14. The molecule has 0 bridgehead atoms. The fraction of sp³-hybridized carbons (Fsp3) is 0.105. The smallest absolute Gasteiger partial charge is 0.175 e. The van der Waals surface area contributed by atoms with Gasteiger partial charge in [-0.1, -0.05) is 11.6 Å². The Labute approximate surface area is 163 Å². The highest BCUT2D eigenvalue weighted by Crippen LogP contribution is 2.30. The van der Waals surface area contributed by atoms with Gasteiger partial charge in [0.25, 0.3) is 0 Å². The Kier molecular flexibility index (Phi) is 4.66. The summed E-state index contributed by atoms with van der Waals surface area (Å²) in [6.07, 6.45) is 4.03. The number of imidazole rings is 1. The number of nitrogens with zero attached hydrogens (tertiary/aromatic N) is 4. The average molecular weight is 403 g/mol. The first-order valence-corrected chi connectivity index (χ1v) is 8.52. The molecule has 9 heteroatoms. The number of hydrogen-bond donors (Lipinski definition) is 1. The number of aromatic nitrogens is 4. The van der Waals surface area contributed by atoms with Crippen LogP contribution in [0.15, 0.2) is 49.1 Å². The Morgan fingerprint density at radius 3 is 2.68 bits per heavy atom. The summed E-state index contributed by atoms with van der Waals surface area (Å²) in [4.78, 5) is 12.0. The molecule has 0 saturated carbocycles. The van der Waals surface area contributed by atoms with Crippen LogP contribution in [0.4, 0.5) is 8.78 Å². The summed E-state index contributed by atoms with van der Waals surface area (Å²) in [6.45, 7) is 0. The molecule has 6 nitrogen and oxygen atoms in total. The largest absolute Gasteiger partial charge is 0.494 e. The van der Waals surface area contributed by atoms with Crippen molar-refractivity contribution in [2.24, 2.45) is 0 Å². The number of pyridine rings is 1. The first kappa shape index (κ1) is 18.3. The van der Waals surface area contributed by atoms with Crippen LogP contribution < -0.4 is 4.74 Å². The van der Waals surface area contributed by atoms with Crippen molar-refractivity contribution in [1.29, 1.82) is 0 Å². The molecule has 1 N–H and O–H groups in total. The van der Waals surface area contributed by atoms with E-state index in [9.17, 15) is 13.9 Å². The predicted octanol–water partition coefficient (Wildman–Crippen LogP) is 3.81. The van der Waals surface area contributed by atoms with Gasteiger partial charge in [0.2, 0.25) is 0 Å². The molecule has 3 heterocycles. The lowest BCUT2D eigenvalue weighted by Crippen LogP contribution is -2.07. The second kappa shape index (κ2) is 7.14. The molecule has 3 aromatic heterocycles. The molecule has 0 aliphatic carbocycles. The highest BCUT2D eigenvalue weighted by molar-refractivity contribution is 6.32. The Balaban J connectivity index is 1.78. The molecule has 0 fully saturated rings. The molecule has 0 amide bonds. The zero-order valence-corrected chi connectivity index (χ0v) is 15.2. The van der Waals surface area contributed by atoms with E-state index in [0.717, 1.165) is 6.20 Å². The van der Waals surface area contributed by atoms with Crippen LogP contribution in [-0.4, -0.2) is 31.6 Å². The number of hydrogen-bond acceptors (Lipinski definition) is 5. The standard InChI is InChI=1S/C19H13ClF2N4O2/c1-28-16-3-2-10(6-12(16)21)14-7-11(13(22)8-24-14)17(27)15-9-25-19-18(20)23-4-5-26(15)19/h2-9,17,27H,1H3. The predicted molar refractivity (Wildman–Crippen MR) is 98.2 cm³/mol. The quantitative estimate of drug-likeness (QED) is 0.562. The minimum atomic E-state index is -1.35. The average Bonchev–Trinajstić information content (AvgIpc) is 3.13. The number of fused-ring (bicyclic) bond motifs is 1. The van der Waals surface area contributed by atoms with Crippen molar-refractivity contribution in [3.63, 3.8) is 0 Å². The second-order valence-corrected chi connectivity index (χ2v) is 6.30. The van der Waals surface area contributed by atoms with Crippen molar-refractivity contribution in [3.05, 3.63) is 77.1 Å². The lowest BCUT2D eigenvalue weighted by molar-refractivity contribution is 0.209. The summed E-state index contributed by atoms with van der Waals surface area (Å²) in [5.74, 6) is -1.19. The van der Waals surface area contributed by atoms with E-state index in [1.807, 2.05) is 0 Å². The van der Waals surface area contributed by atoms with E-state index in [2.05, 4.69) is 15.0 Å². The van der Waals surface area contributed by atoms with E-state index in [-0.39, 0.29) is 16.5 Å². The number of ether oxygens (including phenoxy) is 1.